The maximum atomic E-state index is 12.7. The number of hydrogen-bond donors (Lipinski definition) is 1. The molecule has 188 valence electrons. The lowest BCUT2D eigenvalue weighted by Gasteiger charge is -2.28. The molecule has 2 fully saturated rings. The summed E-state index contributed by atoms with van der Waals surface area (Å²) >= 11 is 0. The number of amides is 1. The van der Waals surface area contributed by atoms with E-state index in [1.807, 2.05) is 51.6 Å². The lowest BCUT2D eigenvalue weighted by atomic mass is 10.1. The van der Waals surface area contributed by atoms with E-state index >= 15 is 0 Å². The van der Waals surface area contributed by atoms with Crippen LogP contribution in [-0.2, 0) is 16.6 Å². The highest BCUT2D eigenvalue weighted by atomic mass is 19.4. The van der Waals surface area contributed by atoms with E-state index < -0.39 is 12.1 Å². The Morgan fingerprint density at radius 2 is 1.86 bits per heavy atom. The molecule has 13 heteroatoms. The topological polar surface area (TPSA) is 105 Å². The third kappa shape index (κ3) is 5.56. The van der Waals surface area contributed by atoms with Gasteiger partial charge in [0.15, 0.2) is 11.5 Å². The summed E-state index contributed by atoms with van der Waals surface area (Å²) in [6.45, 7) is 4.71. The van der Waals surface area contributed by atoms with Crippen molar-refractivity contribution in [3.63, 3.8) is 0 Å². The van der Waals surface area contributed by atoms with Crippen LogP contribution in [0.4, 0.5) is 18.9 Å². The van der Waals surface area contributed by atoms with Crippen LogP contribution in [0.25, 0.3) is 5.65 Å². The number of likely N-dealkylation sites (tertiary alicyclic amines) is 1. The molecule has 10 nitrogen and oxygen atoms in total. The number of nitrogens with zero attached hydrogens (tertiary/aromatic N) is 6. The minimum Gasteiger partial charge on any atom is -0.475 e. The van der Waals surface area contributed by atoms with Crippen molar-refractivity contribution in [1.29, 1.82) is 0 Å². The number of ether oxygens (including phenoxy) is 1. The van der Waals surface area contributed by atoms with E-state index in [2.05, 4.69) is 11.0 Å². The molecule has 0 spiro atoms. The number of anilines is 1. The standard InChI is InChI=1S/C20H24N6O2.C2HF3O2/c1-23-7-2-3-17(23)20(27)25-8-6-15(13-25)19-21-18-5-4-16(14-26(18)22-19)24-9-11-28-12-10-24;3-2(4,5)1(6)7/h2-5,7,14-15H,6,8-13H2,1H3;(H,6,7). The number of aliphatic carboxylic acids is 1. The largest absolute Gasteiger partial charge is 0.490 e. The van der Waals surface area contributed by atoms with Crippen molar-refractivity contribution in [2.24, 2.45) is 7.05 Å². The van der Waals surface area contributed by atoms with Gasteiger partial charge in [0, 0.05) is 45.3 Å². The highest BCUT2D eigenvalue weighted by Crippen LogP contribution is 2.27. The number of pyridine rings is 1. The van der Waals surface area contributed by atoms with E-state index in [0.29, 0.717) is 6.54 Å². The first-order chi connectivity index (χ1) is 16.6. The summed E-state index contributed by atoms with van der Waals surface area (Å²) in [7, 11) is 1.90. The highest BCUT2D eigenvalue weighted by Gasteiger charge is 2.38. The van der Waals surface area contributed by atoms with E-state index in [1.54, 1.807) is 0 Å². The highest BCUT2D eigenvalue weighted by molar-refractivity contribution is 5.93. The summed E-state index contributed by atoms with van der Waals surface area (Å²) in [5, 5.41) is 11.9. The Morgan fingerprint density at radius 3 is 2.49 bits per heavy atom. The first kappa shape index (κ1) is 24.5. The number of alkyl halides is 3. The van der Waals surface area contributed by atoms with E-state index in [4.69, 9.17) is 24.7 Å². The van der Waals surface area contributed by atoms with E-state index in [1.165, 1.54) is 0 Å². The average Bonchev–Trinajstić information content (AvgIpc) is 3.57. The summed E-state index contributed by atoms with van der Waals surface area (Å²) in [5.74, 6) is -1.68. The number of rotatable bonds is 3. The smallest absolute Gasteiger partial charge is 0.475 e. The predicted molar refractivity (Wildman–Crippen MR) is 118 cm³/mol. The molecule has 1 atom stereocenters. The molecule has 3 aromatic rings. The lowest BCUT2D eigenvalue weighted by Crippen LogP contribution is -2.36. The van der Waals surface area contributed by atoms with E-state index in [0.717, 1.165) is 62.1 Å². The molecule has 5 heterocycles. The third-order valence-electron chi connectivity index (χ3n) is 5.95. The van der Waals surface area contributed by atoms with Gasteiger partial charge in [0.25, 0.3) is 5.91 Å². The van der Waals surface area contributed by atoms with Gasteiger partial charge >= 0.3 is 12.1 Å². The van der Waals surface area contributed by atoms with Crippen molar-refractivity contribution >= 4 is 23.2 Å². The molecule has 1 amide bonds. The molecule has 1 unspecified atom stereocenters. The zero-order valence-electron chi connectivity index (χ0n) is 19.0. The maximum absolute atomic E-state index is 12.7. The van der Waals surface area contributed by atoms with Gasteiger partial charge in [-0.05, 0) is 30.7 Å². The fraction of sp³-hybridized carbons (Fsp3) is 0.455. The first-order valence-electron chi connectivity index (χ1n) is 11.0. The Kier molecular flexibility index (Phi) is 6.96. The van der Waals surface area contributed by atoms with Gasteiger partial charge in [-0.1, -0.05) is 0 Å². The van der Waals surface area contributed by atoms with Gasteiger partial charge in [-0.3, -0.25) is 4.79 Å². The van der Waals surface area contributed by atoms with Crippen molar-refractivity contribution in [3.8, 4) is 0 Å². The molecule has 1 N–H and O–H groups in total. The van der Waals surface area contributed by atoms with Crippen LogP contribution >= 0.6 is 0 Å². The molecule has 3 aromatic heterocycles. The average molecular weight is 494 g/mol. The quantitative estimate of drug-likeness (QED) is 0.595. The number of hydrogen-bond acceptors (Lipinski definition) is 6. The summed E-state index contributed by atoms with van der Waals surface area (Å²) < 4.78 is 40.9. The van der Waals surface area contributed by atoms with Gasteiger partial charge in [0.1, 0.15) is 5.69 Å². The van der Waals surface area contributed by atoms with Crippen LogP contribution in [-0.4, -0.2) is 86.6 Å². The van der Waals surface area contributed by atoms with Crippen molar-refractivity contribution in [1.82, 2.24) is 24.1 Å². The molecular weight excluding hydrogens is 469 g/mol. The minimum atomic E-state index is -5.08. The van der Waals surface area contributed by atoms with Crippen molar-refractivity contribution in [2.45, 2.75) is 18.5 Å². The number of halogens is 3. The molecule has 0 aliphatic carbocycles. The zero-order valence-corrected chi connectivity index (χ0v) is 19.0. The Labute approximate surface area is 198 Å². The molecule has 0 saturated carbocycles. The number of aromatic nitrogens is 4. The summed E-state index contributed by atoms with van der Waals surface area (Å²) in [4.78, 5) is 30.6. The van der Waals surface area contributed by atoms with Crippen LogP contribution in [0.2, 0.25) is 0 Å². The Balaban J connectivity index is 0.000000364. The predicted octanol–water partition coefficient (Wildman–Crippen LogP) is 2.17. The van der Waals surface area contributed by atoms with Crippen LogP contribution in [0.1, 0.15) is 28.7 Å². The Hall–Kier alpha value is -3.61. The number of aryl methyl sites for hydroxylation is 1. The molecule has 0 bridgehead atoms. The van der Waals surface area contributed by atoms with Crippen LogP contribution in [0.15, 0.2) is 36.7 Å². The second-order valence-corrected chi connectivity index (χ2v) is 8.30. The number of fused-ring (bicyclic) bond motifs is 1. The Morgan fingerprint density at radius 1 is 1.14 bits per heavy atom. The van der Waals surface area contributed by atoms with Gasteiger partial charge in [0.2, 0.25) is 0 Å². The van der Waals surface area contributed by atoms with Crippen LogP contribution < -0.4 is 4.90 Å². The molecule has 35 heavy (non-hydrogen) atoms. The number of morpholine rings is 1. The summed E-state index contributed by atoms with van der Waals surface area (Å²) in [6.07, 6.45) is -0.251. The zero-order chi connectivity index (χ0) is 25.2. The SMILES string of the molecule is Cn1cccc1C(=O)N1CCC(c2nc3ccc(N4CCOCC4)cn3n2)C1.O=C(O)C(F)(F)F. The minimum absolute atomic E-state index is 0.0772. The van der Waals surface area contributed by atoms with Crippen LogP contribution in [0, 0.1) is 0 Å². The van der Waals surface area contributed by atoms with Gasteiger partial charge in [-0.25, -0.2) is 14.3 Å². The van der Waals surface area contributed by atoms with Gasteiger partial charge in [0.05, 0.1) is 25.1 Å². The van der Waals surface area contributed by atoms with Crippen molar-refractivity contribution in [3.05, 3.63) is 48.2 Å². The summed E-state index contributed by atoms with van der Waals surface area (Å²) in [5.41, 5.74) is 2.71. The second-order valence-electron chi connectivity index (χ2n) is 8.30. The van der Waals surface area contributed by atoms with Gasteiger partial charge < -0.3 is 24.2 Å². The first-order valence-corrected chi connectivity index (χ1v) is 11.0. The molecule has 5 rings (SSSR count). The molecule has 2 aliphatic rings. The molecule has 0 aromatic carbocycles. The van der Waals surface area contributed by atoms with Crippen molar-refractivity contribution < 1.29 is 32.6 Å². The van der Waals surface area contributed by atoms with Gasteiger partial charge in [-0.2, -0.15) is 18.3 Å². The van der Waals surface area contributed by atoms with Crippen LogP contribution in [0.3, 0.4) is 0 Å². The normalized spacial score (nSPS) is 18.5. The van der Waals surface area contributed by atoms with Crippen molar-refractivity contribution in [2.75, 3.05) is 44.3 Å². The molecule has 0 radical (unpaired) electrons. The van der Waals surface area contributed by atoms with E-state index in [-0.39, 0.29) is 11.8 Å². The van der Waals surface area contributed by atoms with Crippen LogP contribution in [0.5, 0.6) is 0 Å². The number of carbonyl (C=O) groups excluding carboxylic acids is 1. The molecule has 2 saturated heterocycles. The maximum Gasteiger partial charge on any atom is 0.490 e. The lowest BCUT2D eigenvalue weighted by molar-refractivity contribution is -0.192. The second kappa shape index (κ2) is 9.94. The fourth-order valence-electron chi connectivity index (χ4n) is 4.07. The molecular formula is C22H25F3N6O4. The fourth-order valence-corrected chi connectivity index (χ4v) is 4.07. The third-order valence-corrected chi connectivity index (χ3v) is 5.95. The number of carbonyl (C=O) groups is 2. The molecule has 2 aliphatic heterocycles. The Bertz CT molecular complexity index is 1200. The summed E-state index contributed by atoms with van der Waals surface area (Å²) in [6, 6.07) is 7.88. The number of carboxylic acid groups (broad SMARTS) is 1. The monoisotopic (exact) mass is 494 g/mol. The van der Waals surface area contributed by atoms with Gasteiger partial charge in [-0.15, -0.1) is 0 Å². The number of carboxylic acids is 1. The van der Waals surface area contributed by atoms with E-state index in [9.17, 15) is 18.0 Å².